The van der Waals surface area contributed by atoms with Crippen LogP contribution in [-0.4, -0.2) is 46.3 Å². The lowest BCUT2D eigenvalue weighted by Crippen LogP contribution is -2.38. The number of fused-ring (bicyclic) bond motifs is 1. The Kier molecular flexibility index (Phi) is 4.71. The van der Waals surface area contributed by atoms with E-state index in [1.807, 2.05) is 30.3 Å². The van der Waals surface area contributed by atoms with E-state index in [1.165, 1.54) is 4.90 Å². The topological polar surface area (TPSA) is 82.4 Å². The van der Waals surface area contributed by atoms with Crippen molar-refractivity contribution in [2.75, 3.05) is 13.1 Å². The predicted molar refractivity (Wildman–Crippen MR) is 100 cm³/mol. The Labute approximate surface area is 163 Å². The van der Waals surface area contributed by atoms with E-state index < -0.39 is 17.5 Å². The zero-order valence-corrected chi connectivity index (χ0v) is 15.6. The van der Waals surface area contributed by atoms with Gasteiger partial charge in [-0.1, -0.05) is 30.3 Å². The highest BCUT2D eigenvalue weighted by Gasteiger charge is 2.53. The number of hydrogen-bond acceptors (Lipinski definition) is 5. The molecule has 144 valence electrons. The van der Waals surface area contributed by atoms with E-state index >= 15 is 0 Å². The Morgan fingerprint density at radius 1 is 1.11 bits per heavy atom. The van der Waals surface area contributed by atoms with Crippen LogP contribution < -0.4 is 0 Å². The van der Waals surface area contributed by atoms with Gasteiger partial charge in [-0.2, -0.15) is 10.2 Å². The van der Waals surface area contributed by atoms with Crippen molar-refractivity contribution in [3.63, 3.8) is 0 Å². The van der Waals surface area contributed by atoms with Crippen LogP contribution in [0.1, 0.15) is 31.2 Å². The zero-order valence-electron chi connectivity index (χ0n) is 15.6. The summed E-state index contributed by atoms with van der Waals surface area (Å²) < 4.78 is 0. The van der Waals surface area contributed by atoms with E-state index in [0.717, 1.165) is 5.56 Å². The number of imide groups is 1. The van der Waals surface area contributed by atoms with Crippen molar-refractivity contribution >= 4 is 17.7 Å². The monoisotopic (exact) mass is 378 g/mol. The fourth-order valence-corrected chi connectivity index (χ4v) is 4.07. The molecule has 0 aromatic heterocycles. The molecule has 2 fully saturated rings. The van der Waals surface area contributed by atoms with E-state index in [0.29, 0.717) is 45.3 Å². The van der Waals surface area contributed by atoms with Crippen LogP contribution in [-0.2, 0) is 20.9 Å². The molecule has 0 saturated carbocycles. The smallest absolute Gasteiger partial charge is 0.235 e. The second-order valence-electron chi connectivity index (χ2n) is 7.65. The fourth-order valence-electron chi connectivity index (χ4n) is 4.07. The lowest BCUT2D eigenvalue weighted by molar-refractivity contribution is -0.142. The third-order valence-electron chi connectivity index (χ3n) is 5.81. The molecule has 4 rings (SSSR count). The average molecular weight is 378 g/mol. The van der Waals surface area contributed by atoms with Gasteiger partial charge >= 0.3 is 0 Å². The van der Waals surface area contributed by atoms with Crippen LogP contribution >= 0.6 is 0 Å². The summed E-state index contributed by atoms with van der Waals surface area (Å²) in [6.45, 7) is 0.913. The summed E-state index contributed by atoms with van der Waals surface area (Å²) in [5.41, 5.74) is 0.432. The molecule has 1 aromatic rings. The van der Waals surface area contributed by atoms with Crippen molar-refractivity contribution in [1.29, 1.82) is 0 Å². The van der Waals surface area contributed by atoms with Crippen LogP contribution in [0.3, 0.4) is 0 Å². The van der Waals surface area contributed by atoms with Gasteiger partial charge in [0.05, 0.1) is 18.4 Å². The highest BCUT2D eigenvalue weighted by Crippen LogP contribution is 2.39. The van der Waals surface area contributed by atoms with Gasteiger partial charge in [-0.25, -0.2) is 0 Å². The minimum atomic E-state index is -0.490. The first-order valence-electron chi connectivity index (χ1n) is 9.57. The quantitative estimate of drug-likeness (QED) is 0.537. The third kappa shape index (κ3) is 3.42. The van der Waals surface area contributed by atoms with Gasteiger partial charge in [0.1, 0.15) is 0 Å². The second kappa shape index (κ2) is 7.19. The number of likely N-dealkylation sites (tertiary alicyclic amines) is 2. The van der Waals surface area contributed by atoms with Gasteiger partial charge < -0.3 is 4.90 Å². The van der Waals surface area contributed by atoms with Gasteiger partial charge in [0.15, 0.2) is 5.66 Å². The van der Waals surface area contributed by atoms with Gasteiger partial charge in [-0.3, -0.25) is 19.3 Å². The summed E-state index contributed by atoms with van der Waals surface area (Å²) in [4.78, 5) is 41.0. The standard InChI is InChI=1S/C21H22N4O3/c1-2-3-10-21(22-23-21)11-9-18(26)24-13-16-17(14-24)20(28)25(19(16)27)12-15-7-5-4-6-8-15/h1,4-8,16-17H,3,9-14H2/t16-,17+. The Balaban J connectivity index is 1.32. The minimum Gasteiger partial charge on any atom is -0.341 e. The molecule has 0 unspecified atom stereocenters. The van der Waals surface area contributed by atoms with E-state index in [1.54, 1.807) is 4.90 Å². The summed E-state index contributed by atoms with van der Waals surface area (Å²) in [5.74, 6) is 1.32. The molecule has 0 aliphatic carbocycles. The van der Waals surface area contributed by atoms with Crippen LogP contribution in [0, 0.1) is 24.2 Å². The van der Waals surface area contributed by atoms with Gasteiger partial charge in [0.25, 0.3) is 0 Å². The number of amides is 3. The maximum atomic E-state index is 12.7. The van der Waals surface area contributed by atoms with Crippen molar-refractivity contribution in [2.24, 2.45) is 22.1 Å². The highest BCUT2D eigenvalue weighted by molar-refractivity contribution is 6.06. The molecule has 0 N–H and O–H groups in total. The summed E-state index contributed by atoms with van der Waals surface area (Å²) in [6.07, 6.45) is 7.35. The molecule has 2 saturated heterocycles. The minimum absolute atomic E-state index is 0.0537. The van der Waals surface area contributed by atoms with Crippen molar-refractivity contribution in [3.05, 3.63) is 35.9 Å². The Hall–Kier alpha value is -3.01. The van der Waals surface area contributed by atoms with Crippen molar-refractivity contribution in [1.82, 2.24) is 9.80 Å². The van der Waals surface area contributed by atoms with Crippen LogP contribution in [0.5, 0.6) is 0 Å². The van der Waals surface area contributed by atoms with Gasteiger partial charge in [-0.15, -0.1) is 12.3 Å². The summed E-state index contributed by atoms with van der Waals surface area (Å²) >= 11 is 0. The Morgan fingerprint density at radius 2 is 1.75 bits per heavy atom. The molecule has 7 nitrogen and oxygen atoms in total. The molecule has 3 aliphatic rings. The number of hydrogen-bond donors (Lipinski definition) is 0. The van der Waals surface area contributed by atoms with E-state index in [4.69, 9.17) is 6.42 Å². The second-order valence-corrected chi connectivity index (χ2v) is 7.65. The maximum absolute atomic E-state index is 12.7. The first kappa shape index (κ1) is 18.4. The third-order valence-corrected chi connectivity index (χ3v) is 5.81. The van der Waals surface area contributed by atoms with Crippen LogP contribution in [0.15, 0.2) is 40.6 Å². The van der Waals surface area contributed by atoms with E-state index in [2.05, 4.69) is 16.1 Å². The molecule has 0 spiro atoms. The number of carbonyl (C=O) groups is 3. The van der Waals surface area contributed by atoms with Gasteiger partial charge in [-0.05, 0) is 5.56 Å². The van der Waals surface area contributed by atoms with Crippen molar-refractivity contribution in [3.8, 4) is 12.3 Å². The number of rotatable bonds is 7. The lowest BCUT2D eigenvalue weighted by atomic mass is 10.00. The van der Waals surface area contributed by atoms with Crippen molar-refractivity contribution < 1.29 is 14.4 Å². The number of benzene rings is 1. The average Bonchev–Trinajstić information content (AvgIpc) is 3.29. The number of terminal acetylenes is 1. The lowest BCUT2D eigenvalue weighted by Gasteiger charge is -2.21. The van der Waals surface area contributed by atoms with Crippen molar-refractivity contribution in [2.45, 2.75) is 37.9 Å². The predicted octanol–water partition coefficient (Wildman–Crippen LogP) is 1.99. The first-order chi connectivity index (χ1) is 13.5. The molecule has 1 aromatic carbocycles. The van der Waals surface area contributed by atoms with Crippen LogP contribution in [0.2, 0.25) is 0 Å². The number of carbonyl (C=O) groups excluding carboxylic acids is 3. The first-order valence-corrected chi connectivity index (χ1v) is 9.57. The molecule has 7 heteroatoms. The maximum Gasteiger partial charge on any atom is 0.235 e. The molecule has 2 atom stereocenters. The fraction of sp³-hybridized carbons (Fsp3) is 0.476. The molecule has 0 radical (unpaired) electrons. The van der Waals surface area contributed by atoms with Gasteiger partial charge in [0.2, 0.25) is 17.7 Å². The summed E-state index contributed by atoms with van der Waals surface area (Å²) in [6, 6.07) is 9.46. The summed E-state index contributed by atoms with van der Waals surface area (Å²) in [7, 11) is 0. The molecule has 3 aliphatic heterocycles. The molecule has 0 bridgehead atoms. The largest absolute Gasteiger partial charge is 0.341 e. The Morgan fingerprint density at radius 3 is 2.32 bits per heavy atom. The van der Waals surface area contributed by atoms with E-state index in [9.17, 15) is 14.4 Å². The molecular weight excluding hydrogens is 356 g/mol. The highest BCUT2D eigenvalue weighted by atomic mass is 16.2. The van der Waals surface area contributed by atoms with Crippen LogP contribution in [0.4, 0.5) is 0 Å². The van der Waals surface area contributed by atoms with Crippen LogP contribution in [0.25, 0.3) is 0 Å². The zero-order chi connectivity index (χ0) is 19.7. The van der Waals surface area contributed by atoms with E-state index in [-0.39, 0.29) is 17.7 Å². The molecule has 28 heavy (non-hydrogen) atoms. The SMILES string of the molecule is C#CCCC1(CCC(=O)N2C[C@@H]3C(=O)N(Cc4ccccc4)C(=O)[C@@H]3C2)N=N1. The molecular formula is C21H22N4O3. The van der Waals surface area contributed by atoms with Gasteiger partial charge in [0, 0.05) is 38.8 Å². The number of nitrogens with zero attached hydrogens (tertiary/aromatic N) is 4. The summed E-state index contributed by atoms with van der Waals surface area (Å²) in [5, 5.41) is 8.09. The normalized spacial score (nSPS) is 24.4. The molecule has 3 heterocycles. The Bertz CT molecular complexity index is 843. The molecule has 3 amide bonds.